The maximum absolute atomic E-state index is 13.1. The van der Waals surface area contributed by atoms with Crippen molar-refractivity contribution in [2.75, 3.05) is 6.61 Å². The third kappa shape index (κ3) is 3.86. The summed E-state index contributed by atoms with van der Waals surface area (Å²) in [6.07, 6.45) is -9.71. The van der Waals surface area contributed by atoms with Crippen LogP contribution in [0.4, 0.5) is 48.3 Å². The van der Waals surface area contributed by atoms with Gasteiger partial charge in [0.15, 0.2) is 0 Å². The third-order valence-corrected chi connectivity index (χ3v) is 2.63. The Morgan fingerprint density at radius 1 is 0.833 bits per heavy atom. The van der Waals surface area contributed by atoms with E-state index in [-0.39, 0.29) is 0 Å². The van der Waals surface area contributed by atoms with Gasteiger partial charge < -0.3 is 4.74 Å². The lowest BCUT2D eigenvalue weighted by Crippen LogP contribution is -2.66. The predicted octanol–water partition coefficient (Wildman–Crippen LogP) is 4.78. The predicted molar refractivity (Wildman–Crippen MR) is 56.4 cm³/mol. The molecule has 0 radical (unpaired) electrons. The first-order valence-electron chi connectivity index (χ1n) is 5.42. The molecule has 0 saturated carbocycles. The molecule has 0 aromatic rings. The van der Waals surface area contributed by atoms with E-state index in [2.05, 4.69) is 11.3 Å². The fourth-order valence-electron chi connectivity index (χ4n) is 1.11. The molecule has 0 spiro atoms. The summed E-state index contributed by atoms with van der Waals surface area (Å²) in [5.74, 6) is -29.8. The van der Waals surface area contributed by atoms with Gasteiger partial charge in [-0.2, -0.15) is 48.3 Å². The average molecular weight is 403 g/mol. The molecular weight excluding hydrogens is 397 g/mol. The van der Waals surface area contributed by atoms with Gasteiger partial charge in [-0.15, -0.1) is 0 Å². The van der Waals surface area contributed by atoms with Gasteiger partial charge in [0.05, 0.1) is 13.0 Å². The van der Waals surface area contributed by atoms with E-state index in [4.69, 9.17) is 11.6 Å². The maximum atomic E-state index is 13.1. The van der Waals surface area contributed by atoms with Gasteiger partial charge in [-0.25, -0.2) is 4.79 Å². The Bertz CT molecular complexity index is 498. The monoisotopic (exact) mass is 402 g/mol. The quantitative estimate of drug-likeness (QED) is 0.348. The topological polar surface area (TPSA) is 26.3 Å². The summed E-state index contributed by atoms with van der Waals surface area (Å²) in [6.45, 7) is 0.993. The molecular formula is C10H6ClF11O2. The van der Waals surface area contributed by atoms with Gasteiger partial charge >= 0.3 is 35.8 Å². The number of carbonyl (C=O) groups is 1. The Hall–Kier alpha value is -1.27. The highest BCUT2D eigenvalue weighted by Gasteiger charge is 2.86. The highest BCUT2D eigenvalue weighted by molar-refractivity contribution is 6.40. The lowest BCUT2D eigenvalue weighted by molar-refractivity contribution is -0.422. The molecule has 0 N–H and O–H groups in total. The Morgan fingerprint density at radius 2 is 1.25 bits per heavy atom. The van der Waals surface area contributed by atoms with Crippen LogP contribution < -0.4 is 0 Å². The molecule has 0 aliphatic heterocycles. The zero-order valence-corrected chi connectivity index (χ0v) is 11.7. The second-order valence-electron chi connectivity index (χ2n) is 4.22. The molecule has 0 rings (SSSR count). The number of esters is 1. The number of ether oxygens (including phenoxy) is 1. The number of carbonyl (C=O) groups excluding carboxylic acids is 1. The van der Waals surface area contributed by atoms with Crippen LogP contribution in [0.5, 0.6) is 0 Å². The average Bonchev–Trinajstić information content (AvgIpc) is 2.35. The molecule has 0 amide bonds. The van der Waals surface area contributed by atoms with E-state index in [1.165, 1.54) is 0 Å². The number of halogens is 12. The van der Waals surface area contributed by atoms with Crippen molar-refractivity contribution in [3.63, 3.8) is 0 Å². The Kier molecular flexibility index (Phi) is 6.21. The molecule has 0 saturated heterocycles. The molecule has 0 aliphatic carbocycles. The molecule has 0 bridgehead atoms. The third-order valence-electron chi connectivity index (χ3n) is 2.47. The first-order valence-corrected chi connectivity index (χ1v) is 5.80. The van der Waals surface area contributed by atoms with E-state index in [0.717, 1.165) is 0 Å². The van der Waals surface area contributed by atoms with Crippen LogP contribution >= 0.6 is 11.6 Å². The van der Waals surface area contributed by atoms with Gasteiger partial charge in [-0.1, -0.05) is 18.2 Å². The van der Waals surface area contributed by atoms with Crippen LogP contribution in [0.15, 0.2) is 11.6 Å². The number of alkyl halides is 11. The van der Waals surface area contributed by atoms with Gasteiger partial charge in [0.1, 0.15) is 5.03 Å². The van der Waals surface area contributed by atoms with Crippen molar-refractivity contribution < 1.29 is 57.8 Å². The van der Waals surface area contributed by atoms with Crippen LogP contribution in [0.3, 0.4) is 0 Å². The van der Waals surface area contributed by atoms with Gasteiger partial charge in [0, 0.05) is 0 Å². The number of rotatable bonds is 7. The summed E-state index contributed by atoms with van der Waals surface area (Å²) in [4.78, 5) is 10.7. The van der Waals surface area contributed by atoms with E-state index < -0.39 is 53.9 Å². The zero-order valence-electron chi connectivity index (χ0n) is 11.0. The van der Waals surface area contributed by atoms with Crippen LogP contribution in [0.25, 0.3) is 0 Å². The van der Waals surface area contributed by atoms with E-state index in [9.17, 15) is 53.1 Å². The van der Waals surface area contributed by atoms with Crippen molar-refractivity contribution in [2.24, 2.45) is 0 Å². The summed E-state index contributed by atoms with van der Waals surface area (Å²) in [6, 6.07) is 0. The molecule has 142 valence electrons. The molecule has 2 nitrogen and oxygen atoms in total. The van der Waals surface area contributed by atoms with Crippen molar-refractivity contribution in [3.8, 4) is 0 Å². The second kappa shape index (κ2) is 6.56. The van der Waals surface area contributed by atoms with Gasteiger partial charge in [-0.3, -0.25) is 0 Å². The fraction of sp³-hybridized carbons (Fsp3) is 0.700. The first-order chi connectivity index (χ1) is 10.3. The van der Waals surface area contributed by atoms with Crippen LogP contribution in [0.1, 0.15) is 6.42 Å². The summed E-state index contributed by atoms with van der Waals surface area (Å²) in [7, 11) is 0. The lowest BCUT2D eigenvalue weighted by Gasteiger charge is -2.37. The van der Waals surface area contributed by atoms with Crippen molar-refractivity contribution in [1.82, 2.24) is 0 Å². The maximum Gasteiger partial charge on any atom is 0.460 e. The van der Waals surface area contributed by atoms with Crippen LogP contribution in [-0.4, -0.2) is 42.4 Å². The standard InChI is InChI=1S/C10H6ClF11O2/c1-4(11)5(23)24-3-2-6(12,13)7(14,15)8(16,17)9(18,19)10(20,21)22/h1-3H2. The van der Waals surface area contributed by atoms with Gasteiger partial charge in [0.25, 0.3) is 0 Å². The Labute approximate surface area is 131 Å². The number of hydrogen-bond acceptors (Lipinski definition) is 2. The normalized spacial score (nSPS) is 14.5. The fourth-order valence-corrected chi connectivity index (χ4v) is 1.17. The first kappa shape index (κ1) is 22.7. The second-order valence-corrected chi connectivity index (χ2v) is 4.67. The van der Waals surface area contributed by atoms with Gasteiger partial charge in [0.2, 0.25) is 0 Å². The summed E-state index contributed by atoms with van der Waals surface area (Å²) in [5.41, 5.74) is 0. The highest BCUT2D eigenvalue weighted by Crippen LogP contribution is 2.57. The highest BCUT2D eigenvalue weighted by atomic mass is 35.5. The minimum Gasteiger partial charge on any atom is -0.461 e. The molecule has 0 atom stereocenters. The van der Waals surface area contributed by atoms with E-state index in [1.54, 1.807) is 0 Å². The summed E-state index contributed by atoms with van der Waals surface area (Å²) >= 11 is 4.90. The molecule has 0 unspecified atom stereocenters. The van der Waals surface area contributed by atoms with Crippen molar-refractivity contribution in [3.05, 3.63) is 11.6 Å². The van der Waals surface area contributed by atoms with E-state index in [1.807, 2.05) is 0 Å². The molecule has 24 heavy (non-hydrogen) atoms. The van der Waals surface area contributed by atoms with Crippen LogP contribution in [0, 0.1) is 0 Å². The largest absolute Gasteiger partial charge is 0.461 e. The van der Waals surface area contributed by atoms with Crippen LogP contribution in [-0.2, 0) is 9.53 Å². The Morgan fingerprint density at radius 3 is 1.58 bits per heavy atom. The zero-order chi connectivity index (χ0) is 19.8. The van der Waals surface area contributed by atoms with Crippen LogP contribution in [0.2, 0.25) is 0 Å². The molecule has 14 heteroatoms. The smallest absolute Gasteiger partial charge is 0.460 e. The number of hydrogen-bond donors (Lipinski definition) is 0. The van der Waals surface area contributed by atoms with Crippen molar-refractivity contribution in [1.29, 1.82) is 0 Å². The molecule has 0 aliphatic rings. The SMILES string of the molecule is C=C(Cl)C(=O)OCCC(F)(F)C(F)(F)C(F)(F)C(F)(F)C(F)(F)F. The molecule has 0 aromatic heterocycles. The van der Waals surface area contributed by atoms with E-state index >= 15 is 0 Å². The van der Waals surface area contributed by atoms with E-state index in [0.29, 0.717) is 0 Å². The molecule has 0 aromatic carbocycles. The lowest BCUT2D eigenvalue weighted by atomic mass is 9.96. The molecule has 0 heterocycles. The summed E-state index contributed by atoms with van der Waals surface area (Å²) in [5, 5.41) is -0.918. The van der Waals surface area contributed by atoms with Crippen molar-refractivity contribution >= 4 is 17.6 Å². The minimum atomic E-state index is -7.48. The molecule has 0 fully saturated rings. The summed E-state index contributed by atoms with van der Waals surface area (Å²) < 4.78 is 142. The Balaban J connectivity index is 5.46. The minimum absolute atomic E-state index is 0.918. The van der Waals surface area contributed by atoms with Gasteiger partial charge in [-0.05, 0) is 0 Å². The van der Waals surface area contributed by atoms with Crippen molar-refractivity contribution in [2.45, 2.75) is 36.3 Å².